The molecule has 4 aromatic carbocycles. The molecule has 2 unspecified atom stereocenters. The van der Waals surface area contributed by atoms with Gasteiger partial charge >= 0.3 is 221 Å². The summed E-state index contributed by atoms with van der Waals surface area (Å²) in [6, 6.07) is 36.3. The van der Waals surface area contributed by atoms with Crippen LogP contribution in [0.15, 0.2) is 108 Å². The average molecular weight is 599 g/mol. The summed E-state index contributed by atoms with van der Waals surface area (Å²) in [4.78, 5) is 0. The van der Waals surface area contributed by atoms with Gasteiger partial charge in [-0.15, -0.1) is 0 Å². The zero-order valence-corrected chi connectivity index (χ0v) is 25.0. The molecule has 3 heteroatoms. The quantitative estimate of drug-likeness (QED) is 0.333. The van der Waals surface area contributed by atoms with E-state index in [0.29, 0.717) is 7.25 Å². The second kappa shape index (κ2) is 10.5. The van der Waals surface area contributed by atoms with Crippen LogP contribution in [0.5, 0.6) is 0 Å². The minimum absolute atomic E-state index is 0. The summed E-state index contributed by atoms with van der Waals surface area (Å²) < 4.78 is 1.33. The molecule has 2 atom stereocenters. The smallest absolute Gasteiger partial charge is 1.00 e. The van der Waals surface area contributed by atoms with Gasteiger partial charge in [0, 0.05) is 0 Å². The molecule has 0 saturated carbocycles. The number of rotatable bonds is 2. The molecule has 0 N–H and O–H groups in total. The molecule has 0 fully saturated rings. The van der Waals surface area contributed by atoms with Crippen LogP contribution in [0.25, 0.3) is 33.4 Å². The number of benzene rings is 4. The van der Waals surface area contributed by atoms with Crippen LogP contribution in [-0.4, -0.2) is 0 Å². The van der Waals surface area contributed by atoms with Crippen molar-refractivity contribution in [1.29, 1.82) is 0 Å². The predicted octanol–water partition coefficient (Wildman–Crippen LogP) is 3.26. The molecule has 4 bridgehead atoms. The number of allylic oxidation sites excluding steroid dienone is 4. The minimum Gasteiger partial charge on any atom is -1.00 e. The van der Waals surface area contributed by atoms with Crippen molar-refractivity contribution in [3.05, 3.63) is 130 Å². The molecule has 0 amide bonds. The Morgan fingerprint density at radius 1 is 0.514 bits per heavy atom. The van der Waals surface area contributed by atoms with Crippen molar-refractivity contribution in [3.8, 4) is 22.3 Å². The van der Waals surface area contributed by atoms with E-state index in [1.807, 2.05) is 0 Å². The topological polar surface area (TPSA) is 0 Å². The SMILES string of the molecule is CC1=C2CCC3=C(C)[CH]([Zr+2][CH]1c1cccc(-c4ccccc4)c12)c1cccc(-c2ccccc2)c13.[Cl-].[Cl-]. The summed E-state index contributed by atoms with van der Waals surface area (Å²) >= 11 is -0.848. The third-order valence-electron chi connectivity index (χ3n) is 8.36. The first-order valence-corrected chi connectivity index (χ1v) is 15.6. The molecular formula is C34H28Cl2Zr. The fourth-order valence-electron chi connectivity index (χ4n) is 6.71. The van der Waals surface area contributed by atoms with E-state index in [4.69, 9.17) is 0 Å². The molecule has 0 radical (unpaired) electrons. The van der Waals surface area contributed by atoms with E-state index in [2.05, 4.69) is 111 Å². The summed E-state index contributed by atoms with van der Waals surface area (Å²) in [5.74, 6) is 0. The first-order chi connectivity index (χ1) is 17.2. The van der Waals surface area contributed by atoms with Gasteiger partial charge in [0.2, 0.25) is 0 Å². The van der Waals surface area contributed by atoms with Crippen molar-refractivity contribution < 1.29 is 48.0 Å². The fraction of sp³-hybridized carbons (Fsp3) is 0.176. The maximum absolute atomic E-state index is 2.45. The van der Waals surface area contributed by atoms with Crippen LogP contribution in [-0.2, 0) is 23.2 Å². The van der Waals surface area contributed by atoms with E-state index >= 15 is 0 Å². The van der Waals surface area contributed by atoms with Crippen LogP contribution in [0.1, 0.15) is 56.2 Å². The van der Waals surface area contributed by atoms with Crippen LogP contribution in [0, 0.1) is 0 Å². The summed E-state index contributed by atoms with van der Waals surface area (Å²) in [5.41, 5.74) is 18.6. The molecule has 4 aromatic rings. The Hall–Kier alpha value is -2.18. The maximum atomic E-state index is 2.45. The van der Waals surface area contributed by atoms with Crippen molar-refractivity contribution in [1.82, 2.24) is 0 Å². The van der Waals surface area contributed by atoms with E-state index in [0.717, 1.165) is 12.8 Å². The zero-order chi connectivity index (χ0) is 23.5. The van der Waals surface area contributed by atoms with Crippen molar-refractivity contribution in [3.63, 3.8) is 0 Å². The first-order valence-electron chi connectivity index (χ1n) is 12.7. The molecule has 0 spiro atoms. The molecule has 2 aliphatic carbocycles. The number of halogens is 2. The molecule has 7 rings (SSSR count). The largest absolute Gasteiger partial charge is 1.00 e. The molecule has 3 aliphatic rings. The van der Waals surface area contributed by atoms with Crippen LogP contribution >= 0.6 is 0 Å². The zero-order valence-electron chi connectivity index (χ0n) is 21.1. The molecule has 37 heavy (non-hydrogen) atoms. The van der Waals surface area contributed by atoms with Crippen LogP contribution < -0.4 is 24.8 Å². The Balaban J connectivity index is 0.00000140. The van der Waals surface area contributed by atoms with Crippen LogP contribution in [0.2, 0.25) is 0 Å². The Bertz CT molecular complexity index is 1420. The number of hydrogen-bond donors (Lipinski definition) is 0. The van der Waals surface area contributed by atoms with Crippen molar-refractivity contribution >= 4 is 11.1 Å². The normalized spacial score (nSPS) is 18.8. The van der Waals surface area contributed by atoms with Gasteiger partial charge in [-0.2, -0.15) is 0 Å². The second-order valence-electron chi connectivity index (χ2n) is 10.1. The molecule has 0 saturated heterocycles. The van der Waals surface area contributed by atoms with E-state index in [9.17, 15) is 0 Å². The molecule has 0 nitrogen and oxygen atoms in total. The van der Waals surface area contributed by atoms with Gasteiger partial charge in [-0.05, 0) is 0 Å². The maximum Gasteiger partial charge on any atom is -1.00 e. The number of fused-ring (bicyclic) bond motifs is 8. The van der Waals surface area contributed by atoms with Gasteiger partial charge in [0.05, 0.1) is 0 Å². The Labute approximate surface area is 244 Å². The third-order valence-corrected chi connectivity index (χ3v) is 13.7. The Morgan fingerprint density at radius 3 is 1.32 bits per heavy atom. The first kappa shape index (κ1) is 26.4. The van der Waals surface area contributed by atoms with Gasteiger partial charge in [-0.3, -0.25) is 0 Å². The summed E-state index contributed by atoms with van der Waals surface area (Å²) in [6.07, 6.45) is 2.28. The monoisotopic (exact) mass is 596 g/mol. The van der Waals surface area contributed by atoms with E-state index < -0.39 is 23.2 Å². The van der Waals surface area contributed by atoms with E-state index in [-0.39, 0.29) is 24.8 Å². The molecule has 182 valence electrons. The standard InChI is InChI=1S/C34H28.2ClH.Zr/c1-23-21-27-15-9-17-31(25-11-5-3-6-12-25)33(27)29(23)19-20-30-24(2)22-28-16-10-18-32(34(28)30)26-13-7-4-8-14-26;;;/h3-18,21-22H,19-20H2,1-2H3;2*1H;/q;;;+2/p-2. The van der Waals surface area contributed by atoms with Gasteiger partial charge in [0.15, 0.2) is 0 Å². The Kier molecular flexibility index (Phi) is 7.52. The van der Waals surface area contributed by atoms with Crippen molar-refractivity contribution in [2.75, 3.05) is 0 Å². The van der Waals surface area contributed by atoms with Crippen LogP contribution in [0.4, 0.5) is 0 Å². The average Bonchev–Trinajstić information content (AvgIpc) is 3.34. The van der Waals surface area contributed by atoms with Gasteiger partial charge in [0.25, 0.3) is 0 Å². The Morgan fingerprint density at radius 2 is 0.919 bits per heavy atom. The van der Waals surface area contributed by atoms with Crippen molar-refractivity contribution in [2.45, 2.75) is 33.9 Å². The second-order valence-corrected chi connectivity index (χ2v) is 13.8. The van der Waals surface area contributed by atoms with Gasteiger partial charge in [-0.25, -0.2) is 0 Å². The summed E-state index contributed by atoms with van der Waals surface area (Å²) in [6.45, 7) is 4.91. The number of hydrogen-bond acceptors (Lipinski definition) is 0. The van der Waals surface area contributed by atoms with E-state index in [1.54, 1.807) is 44.5 Å². The van der Waals surface area contributed by atoms with Gasteiger partial charge < -0.3 is 24.8 Å². The fourth-order valence-corrected chi connectivity index (χ4v) is 11.7. The molecule has 1 aliphatic heterocycles. The minimum atomic E-state index is -0.848. The summed E-state index contributed by atoms with van der Waals surface area (Å²) in [5, 5.41) is 0. The summed E-state index contributed by atoms with van der Waals surface area (Å²) in [7, 11) is 0. The molecular weight excluding hydrogens is 571 g/mol. The van der Waals surface area contributed by atoms with E-state index in [1.165, 1.54) is 22.3 Å². The molecule has 1 heterocycles. The predicted molar refractivity (Wildman–Crippen MR) is 144 cm³/mol. The van der Waals surface area contributed by atoms with Gasteiger partial charge in [-0.1, -0.05) is 0 Å². The van der Waals surface area contributed by atoms with Gasteiger partial charge in [0.1, 0.15) is 0 Å². The third kappa shape index (κ3) is 4.15. The van der Waals surface area contributed by atoms with Crippen molar-refractivity contribution in [2.24, 2.45) is 0 Å². The molecule has 0 aromatic heterocycles. The van der Waals surface area contributed by atoms with Crippen LogP contribution in [0.3, 0.4) is 0 Å².